The van der Waals surface area contributed by atoms with Crippen LogP contribution in [0.2, 0.25) is 0 Å². The van der Waals surface area contributed by atoms with E-state index in [4.69, 9.17) is 5.73 Å². The first kappa shape index (κ1) is 12.2. The molecule has 2 atom stereocenters. The molecule has 2 fully saturated rings. The van der Waals surface area contributed by atoms with Crippen LogP contribution in [0.4, 0.5) is 0 Å². The molecule has 0 radical (unpaired) electrons. The zero-order valence-electron chi connectivity index (χ0n) is 11.1. The standard InChI is InChI=1S/C16H24N2/c17-16-12-18(10-13-6-2-1-3-7-13)11-15(16)14-8-4-5-9-14/h1-3,6-7,14-16H,4-5,8-12,17H2. The molecule has 2 unspecified atom stereocenters. The Kier molecular flexibility index (Phi) is 3.67. The average Bonchev–Trinajstić information content (AvgIpc) is 3.00. The smallest absolute Gasteiger partial charge is 0.0234 e. The first-order chi connectivity index (χ1) is 8.83. The largest absolute Gasteiger partial charge is 0.326 e. The van der Waals surface area contributed by atoms with Crippen LogP contribution in [0.25, 0.3) is 0 Å². The summed E-state index contributed by atoms with van der Waals surface area (Å²) >= 11 is 0. The summed E-state index contributed by atoms with van der Waals surface area (Å²) in [5, 5.41) is 0. The first-order valence-corrected chi connectivity index (χ1v) is 7.35. The Morgan fingerprint density at radius 1 is 1.06 bits per heavy atom. The van der Waals surface area contributed by atoms with Gasteiger partial charge < -0.3 is 5.73 Å². The molecule has 0 aromatic heterocycles. The van der Waals surface area contributed by atoms with Crippen LogP contribution in [0, 0.1) is 11.8 Å². The summed E-state index contributed by atoms with van der Waals surface area (Å²) in [4.78, 5) is 2.54. The van der Waals surface area contributed by atoms with Crippen molar-refractivity contribution in [1.82, 2.24) is 4.90 Å². The Bertz CT molecular complexity index is 370. The highest BCUT2D eigenvalue weighted by atomic mass is 15.2. The summed E-state index contributed by atoms with van der Waals surface area (Å²) in [5.41, 5.74) is 7.77. The fourth-order valence-electron chi connectivity index (χ4n) is 3.80. The van der Waals surface area contributed by atoms with Gasteiger partial charge in [0.05, 0.1) is 0 Å². The summed E-state index contributed by atoms with van der Waals surface area (Å²) in [6, 6.07) is 11.2. The topological polar surface area (TPSA) is 29.3 Å². The van der Waals surface area contributed by atoms with E-state index in [0.29, 0.717) is 6.04 Å². The molecule has 2 heteroatoms. The second-order valence-electron chi connectivity index (χ2n) is 6.05. The van der Waals surface area contributed by atoms with Gasteiger partial charge >= 0.3 is 0 Å². The second-order valence-corrected chi connectivity index (χ2v) is 6.05. The maximum Gasteiger partial charge on any atom is 0.0234 e. The van der Waals surface area contributed by atoms with Gasteiger partial charge in [-0.2, -0.15) is 0 Å². The van der Waals surface area contributed by atoms with Gasteiger partial charge in [-0.3, -0.25) is 4.90 Å². The molecule has 0 spiro atoms. The maximum absolute atomic E-state index is 6.36. The van der Waals surface area contributed by atoms with Crippen molar-refractivity contribution in [3.05, 3.63) is 35.9 Å². The number of nitrogens with two attached hydrogens (primary N) is 1. The van der Waals surface area contributed by atoms with Crippen molar-refractivity contribution in [3.8, 4) is 0 Å². The van der Waals surface area contributed by atoms with Crippen molar-refractivity contribution in [3.63, 3.8) is 0 Å². The fraction of sp³-hybridized carbons (Fsp3) is 0.625. The van der Waals surface area contributed by atoms with Crippen molar-refractivity contribution >= 4 is 0 Å². The van der Waals surface area contributed by atoms with Gasteiger partial charge in [0.1, 0.15) is 0 Å². The highest BCUT2D eigenvalue weighted by Crippen LogP contribution is 2.36. The summed E-state index contributed by atoms with van der Waals surface area (Å²) in [7, 11) is 0. The van der Waals surface area contributed by atoms with E-state index in [1.807, 2.05) is 0 Å². The lowest BCUT2D eigenvalue weighted by molar-refractivity contribution is 0.281. The monoisotopic (exact) mass is 244 g/mol. The lowest BCUT2D eigenvalue weighted by atomic mass is 9.87. The fourth-order valence-corrected chi connectivity index (χ4v) is 3.80. The SMILES string of the molecule is NC1CN(Cc2ccccc2)CC1C1CCCC1. The molecule has 1 aromatic carbocycles. The van der Waals surface area contributed by atoms with Crippen molar-refractivity contribution in [2.24, 2.45) is 17.6 Å². The van der Waals surface area contributed by atoms with Crippen LogP contribution in [0.5, 0.6) is 0 Å². The van der Waals surface area contributed by atoms with Gasteiger partial charge in [0, 0.05) is 25.7 Å². The van der Waals surface area contributed by atoms with E-state index in [1.165, 1.54) is 37.8 Å². The Hall–Kier alpha value is -0.860. The van der Waals surface area contributed by atoms with Gasteiger partial charge in [0.2, 0.25) is 0 Å². The number of rotatable bonds is 3. The van der Waals surface area contributed by atoms with Crippen molar-refractivity contribution in [1.29, 1.82) is 0 Å². The number of hydrogen-bond acceptors (Lipinski definition) is 2. The van der Waals surface area contributed by atoms with Gasteiger partial charge in [-0.05, 0) is 17.4 Å². The summed E-state index contributed by atoms with van der Waals surface area (Å²) < 4.78 is 0. The highest BCUT2D eigenvalue weighted by molar-refractivity contribution is 5.15. The van der Waals surface area contributed by atoms with Gasteiger partial charge in [-0.1, -0.05) is 56.0 Å². The minimum atomic E-state index is 0.400. The molecule has 3 rings (SSSR count). The predicted octanol–water partition coefficient (Wildman–Crippen LogP) is 2.64. The third-order valence-corrected chi connectivity index (χ3v) is 4.74. The molecule has 1 saturated carbocycles. The first-order valence-electron chi connectivity index (χ1n) is 7.35. The third kappa shape index (κ3) is 2.60. The van der Waals surface area contributed by atoms with E-state index in [1.54, 1.807) is 0 Å². The molecule has 1 aromatic rings. The molecular weight excluding hydrogens is 220 g/mol. The average molecular weight is 244 g/mol. The molecule has 98 valence electrons. The Morgan fingerprint density at radius 2 is 1.78 bits per heavy atom. The van der Waals surface area contributed by atoms with Crippen molar-refractivity contribution < 1.29 is 0 Å². The zero-order chi connectivity index (χ0) is 12.4. The van der Waals surface area contributed by atoms with Gasteiger partial charge in [-0.25, -0.2) is 0 Å². The molecule has 1 aliphatic heterocycles. The van der Waals surface area contributed by atoms with E-state index in [2.05, 4.69) is 35.2 Å². The molecule has 1 aliphatic carbocycles. The van der Waals surface area contributed by atoms with Crippen LogP contribution in [0.15, 0.2) is 30.3 Å². The number of likely N-dealkylation sites (tertiary alicyclic amines) is 1. The number of nitrogens with zero attached hydrogens (tertiary/aromatic N) is 1. The quantitative estimate of drug-likeness (QED) is 0.885. The number of benzene rings is 1. The zero-order valence-corrected chi connectivity index (χ0v) is 11.1. The van der Waals surface area contributed by atoms with E-state index in [0.717, 1.165) is 24.9 Å². The molecule has 18 heavy (non-hydrogen) atoms. The second kappa shape index (κ2) is 5.41. The van der Waals surface area contributed by atoms with E-state index in [9.17, 15) is 0 Å². The van der Waals surface area contributed by atoms with Crippen LogP contribution >= 0.6 is 0 Å². The van der Waals surface area contributed by atoms with Crippen LogP contribution in [-0.2, 0) is 6.54 Å². The minimum Gasteiger partial charge on any atom is -0.326 e. The Labute approximate surface area is 110 Å². The van der Waals surface area contributed by atoms with Gasteiger partial charge in [0.25, 0.3) is 0 Å². The molecule has 2 nitrogen and oxygen atoms in total. The van der Waals surface area contributed by atoms with Crippen LogP contribution in [0.3, 0.4) is 0 Å². The van der Waals surface area contributed by atoms with E-state index >= 15 is 0 Å². The number of hydrogen-bond donors (Lipinski definition) is 1. The van der Waals surface area contributed by atoms with Crippen LogP contribution < -0.4 is 5.73 Å². The Morgan fingerprint density at radius 3 is 2.50 bits per heavy atom. The van der Waals surface area contributed by atoms with Crippen LogP contribution in [0.1, 0.15) is 31.2 Å². The lowest BCUT2D eigenvalue weighted by Gasteiger charge is -2.21. The van der Waals surface area contributed by atoms with Gasteiger partial charge in [0.15, 0.2) is 0 Å². The highest BCUT2D eigenvalue weighted by Gasteiger charge is 2.36. The third-order valence-electron chi connectivity index (χ3n) is 4.74. The molecular formula is C16H24N2. The normalized spacial score (nSPS) is 30.1. The van der Waals surface area contributed by atoms with E-state index < -0.39 is 0 Å². The van der Waals surface area contributed by atoms with Crippen LogP contribution in [-0.4, -0.2) is 24.0 Å². The minimum absolute atomic E-state index is 0.400. The summed E-state index contributed by atoms with van der Waals surface area (Å²) in [6.45, 7) is 3.36. The van der Waals surface area contributed by atoms with E-state index in [-0.39, 0.29) is 0 Å². The molecule has 1 saturated heterocycles. The van der Waals surface area contributed by atoms with Gasteiger partial charge in [-0.15, -0.1) is 0 Å². The lowest BCUT2D eigenvalue weighted by Crippen LogP contribution is -2.33. The molecule has 0 amide bonds. The summed E-state index contributed by atoms with van der Waals surface area (Å²) in [5.74, 6) is 1.65. The van der Waals surface area contributed by atoms with Crippen molar-refractivity contribution in [2.45, 2.75) is 38.3 Å². The molecule has 2 N–H and O–H groups in total. The molecule has 1 heterocycles. The molecule has 2 aliphatic rings. The van der Waals surface area contributed by atoms with Crippen molar-refractivity contribution in [2.75, 3.05) is 13.1 Å². The molecule has 0 bridgehead atoms. The Balaban J connectivity index is 1.59. The maximum atomic E-state index is 6.36. The predicted molar refractivity (Wildman–Crippen MR) is 75.1 cm³/mol. The summed E-state index contributed by atoms with van der Waals surface area (Å²) in [6.07, 6.45) is 5.67.